The Balaban J connectivity index is 1.55. The molecule has 0 saturated heterocycles. The first-order valence-electron chi connectivity index (χ1n) is 10.6. The maximum absolute atomic E-state index is 14.3. The van der Waals surface area contributed by atoms with Crippen LogP contribution in [-0.2, 0) is 4.79 Å². The van der Waals surface area contributed by atoms with E-state index in [1.807, 2.05) is 17.6 Å². The molecule has 0 aliphatic carbocycles. The number of carbonyl (C=O) groups is 3. The van der Waals surface area contributed by atoms with Crippen LogP contribution in [0.4, 0.5) is 20.6 Å². The van der Waals surface area contributed by atoms with Crippen molar-refractivity contribution in [1.82, 2.24) is 9.55 Å². The molecule has 0 aliphatic rings. The molecule has 4 rings (SSSR count). The highest BCUT2D eigenvalue weighted by molar-refractivity contribution is 6.12. The van der Waals surface area contributed by atoms with E-state index in [0.717, 1.165) is 11.5 Å². The van der Waals surface area contributed by atoms with E-state index in [-0.39, 0.29) is 16.9 Å². The minimum absolute atomic E-state index is 0.0935. The fourth-order valence-corrected chi connectivity index (χ4v) is 3.66. The monoisotopic (exact) mass is 472 g/mol. The lowest BCUT2D eigenvalue weighted by Crippen LogP contribution is -2.18. The van der Waals surface area contributed by atoms with Gasteiger partial charge in [-0.25, -0.2) is 14.2 Å². The topological polar surface area (TPSA) is 113 Å². The Morgan fingerprint density at radius 1 is 0.971 bits per heavy atom. The molecule has 0 radical (unpaired) electrons. The van der Waals surface area contributed by atoms with Crippen LogP contribution in [0.2, 0.25) is 0 Å². The highest BCUT2D eigenvalue weighted by Crippen LogP contribution is 2.31. The van der Waals surface area contributed by atoms with Gasteiger partial charge in [-0.3, -0.25) is 14.9 Å². The molecule has 0 bridgehead atoms. The number of Topliss-reactive ketones (excluding diaryl/α,β-unsaturated/α-hetero) is 1. The van der Waals surface area contributed by atoms with Crippen molar-refractivity contribution in [2.75, 3.05) is 10.6 Å². The molecule has 0 fully saturated rings. The maximum Gasteiger partial charge on any atom is 0.409 e. The van der Waals surface area contributed by atoms with Crippen molar-refractivity contribution in [3.05, 3.63) is 96.3 Å². The van der Waals surface area contributed by atoms with Crippen molar-refractivity contribution in [2.24, 2.45) is 0 Å². The molecule has 1 heterocycles. The van der Waals surface area contributed by atoms with Gasteiger partial charge in [0.15, 0.2) is 5.78 Å². The van der Waals surface area contributed by atoms with Crippen molar-refractivity contribution in [3.63, 3.8) is 0 Å². The van der Waals surface area contributed by atoms with Crippen molar-refractivity contribution >= 4 is 29.2 Å². The Kier molecular flexibility index (Phi) is 6.68. The quantitative estimate of drug-likeness (QED) is 0.250. The van der Waals surface area contributed by atoms with Gasteiger partial charge in [0.05, 0.1) is 17.8 Å². The number of hydrogen-bond donors (Lipinski definition) is 3. The molecule has 0 unspecified atom stereocenters. The SMILES string of the molecule is Cc1nccn1-c1cccc(C(=O)CC(=O)Nc2cc(-c3ccccc3F)ccc2NC(=O)O)c1. The predicted octanol–water partition coefficient (Wildman–Crippen LogP) is 5.29. The minimum Gasteiger partial charge on any atom is -0.465 e. The molecule has 0 spiro atoms. The maximum atomic E-state index is 14.3. The van der Waals surface area contributed by atoms with Gasteiger partial charge < -0.3 is 15.0 Å². The van der Waals surface area contributed by atoms with Gasteiger partial charge in [0.1, 0.15) is 11.6 Å². The zero-order valence-corrected chi connectivity index (χ0v) is 18.7. The lowest BCUT2D eigenvalue weighted by molar-refractivity contribution is -0.115. The van der Waals surface area contributed by atoms with E-state index < -0.39 is 30.0 Å². The molecular formula is C26H21FN4O4. The van der Waals surface area contributed by atoms with Gasteiger partial charge in [-0.1, -0.05) is 36.4 Å². The second-order valence-electron chi connectivity index (χ2n) is 7.71. The molecule has 0 saturated carbocycles. The van der Waals surface area contributed by atoms with Gasteiger partial charge in [0.2, 0.25) is 5.91 Å². The molecule has 1 aromatic heterocycles. The Morgan fingerprint density at radius 3 is 2.49 bits per heavy atom. The number of aryl methyl sites for hydroxylation is 1. The van der Waals surface area contributed by atoms with Crippen molar-refractivity contribution in [2.45, 2.75) is 13.3 Å². The van der Waals surface area contributed by atoms with Crippen LogP contribution in [0.5, 0.6) is 0 Å². The number of carbonyl (C=O) groups excluding carboxylic acids is 2. The summed E-state index contributed by atoms with van der Waals surface area (Å²) in [6.07, 6.45) is 1.62. The number of imidazole rings is 1. The Morgan fingerprint density at radius 2 is 1.77 bits per heavy atom. The third kappa shape index (κ3) is 5.41. The van der Waals surface area contributed by atoms with Crippen LogP contribution in [0.3, 0.4) is 0 Å². The summed E-state index contributed by atoms with van der Waals surface area (Å²) in [5.41, 5.74) is 1.99. The van der Waals surface area contributed by atoms with Gasteiger partial charge in [0.25, 0.3) is 0 Å². The number of hydrogen-bond acceptors (Lipinski definition) is 4. The van der Waals surface area contributed by atoms with Crippen molar-refractivity contribution in [1.29, 1.82) is 0 Å². The summed E-state index contributed by atoms with van der Waals surface area (Å²) in [7, 11) is 0. The van der Waals surface area contributed by atoms with Crippen molar-refractivity contribution in [3.8, 4) is 16.8 Å². The largest absolute Gasteiger partial charge is 0.465 e. The summed E-state index contributed by atoms with van der Waals surface area (Å²) >= 11 is 0. The molecule has 2 amide bonds. The molecule has 0 atom stereocenters. The lowest BCUT2D eigenvalue weighted by Gasteiger charge is -2.13. The summed E-state index contributed by atoms with van der Waals surface area (Å²) in [6, 6.07) is 17.3. The average molecular weight is 472 g/mol. The second-order valence-corrected chi connectivity index (χ2v) is 7.71. The van der Waals surface area contributed by atoms with Crippen molar-refractivity contribution < 1.29 is 23.9 Å². The summed E-state index contributed by atoms with van der Waals surface area (Å²) in [6.45, 7) is 1.83. The number of rotatable bonds is 7. The Bertz CT molecular complexity index is 1430. The number of nitrogens with zero attached hydrogens (tertiary/aromatic N) is 2. The number of aromatic nitrogens is 2. The molecule has 8 nitrogen and oxygen atoms in total. The molecule has 35 heavy (non-hydrogen) atoms. The van der Waals surface area contributed by atoms with Crippen LogP contribution < -0.4 is 10.6 Å². The number of carboxylic acid groups (broad SMARTS) is 1. The number of ketones is 1. The van der Waals surface area contributed by atoms with E-state index in [1.54, 1.807) is 48.8 Å². The van der Waals surface area contributed by atoms with Crippen LogP contribution in [0.15, 0.2) is 79.1 Å². The highest BCUT2D eigenvalue weighted by atomic mass is 19.1. The normalized spacial score (nSPS) is 10.6. The molecule has 0 aliphatic heterocycles. The molecule has 4 aromatic rings. The number of nitrogens with one attached hydrogen (secondary N) is 2. The van der Waals surface area contributed by atoms with Crippen LogP contribution in [0, 0.1) is 12.7 Å². The van der Waals surface area contributed by atoms with E-state index in [9.17, 15) is 18.8 Å². The highest BCUT2D eigenvalue weighted by Gasteiger charge is 2.17. The molecular weight excluding hydrogens is 451 g/mol. The molecule has 3 N–H and O–H groups in total. The zero-order chi connectivity index (χ0) is 24.9. The van der Waals surface area contributed by atoms with Gasteiger partial charge in [-0.15, -0.1) is 0 Å². The summed E-state index contributed by atoms with van der Waals surface area (Å²) in [5.74, 6) is -0.772. The van der Waals surface area contributed by atoms with E-state index in [2.05, 4.69) is 15.6 Å². The van der Waals surface area contributed by atoms with Crippen LogP contribution in [0.25, 0.3) is 16.8 Å². The first-order valence-corrected chi connectivity index (χ1v) is 10.6. The summed E-state index contributed by atoms with van der Waals surface area (Å²) < 4.78 is 16.1. The van der Waals surface area contributed by atoms with Gasteiger partial charge >= 0.3 is 6.09 Å². The third-order valence-corrected chi connectivity index (χ3v) is 5.31. The van der Waals surface area contributed by atoms with E-state index in [0.29, 0.717) is 11.1 Å². The fourth-order valence-electron chi connectivity index (χ4n) is 3.66. The minimum atomic E-state index is -1.33. The van der Waals surface area contributed by atoms with E-state index in [4.69, 9.17) is 5.11 Å². The smallest absolute Gasteiger partial charge is 0.409 e. The third-order valence-electron chi connectivity index (χ3n) is 5.31. The van der Waals surface area contributed by atoms with Gasteiger partial charge in [-0.05, 0) is 42.8 Å². The van der Waals surface area contributed by atoms with Crippen LogP contribution in [0.1, 0.15) is 22.6 Å². The number of amides is 2. The standard InChI is InChI=1S/C26H21FN4O4/c1-16-28-11-12-31(16)19-6-4-5-18(13-19)24(32)15-25(33)29-23-14-17(9-10-22(23)30-26(34)35)20-7-2-3-8-21(20)27/h2-14,30H,15H2,1H3,(H,29,33)(H,34,35). The van der Waals surface area contributed by atoms with Gasteiger partial charge in [-0.2, -0.15) is 0 Å². The summed E-state index contributed by atoms with van der Waals surface area (Å²) in [4.78, 5) is 40.9. The Labute approximate surface area is 200 Å². The van der Waals surface area contributed by atoms with Crippen LogP contribution >= 0.6 is 0 Å². The lowest BCUT2D eigenvalue weighted by atomic mass is 10.0. The predicted molar refractivity (Wildman–Crippen MR) is 129 cm³/mol. The average Bonchev–Trinajstić information content (AvgIpc) is 3.26. The van der Waals surface area contributed by atoms with E-state index in [1.165, 1.54) is 24.3 Å². The first-order chi connectivity index (χ1) is 16.8. The summed E-state index contributed by atoms with van der Waals surface area (Å²) in [5, 5.41) is 13.9. The molecule has 3 aromatic carbocycles. The number of anilines is 2. The second kappa shape index (κ2) is 10.0. The Hall–Kier alpha value is -4.79. The first kappa shape index (κ1) is 23.4. The molecule has 176 valence electrons. The number of benzene rings is 3. The fraction of sp³-hybridized carbons (Fsp3) is 0.0769. The van der Waals surface area contributed by atoms with Gasteiger partial charge in [0, 0.05) is 29.2 Å². The number of halogens is 1. The zero-order valence-electron chi connectivity index (χ0n) is 18.7. The molecule has 9 heteroatoms. The van der Waals surface area contributed by atoms with E-state index >= 15 is 0 Å². The van der Waals surface area contributed by atoms with Crippen LogP contribution in [-0.4, -0.2) is 32.4 Å².